The minimum absolute atomic E-state index is 0.135. The smallest absolute Gasteiger partial charge is 0.227 e. The first kappa shape index (κ1) is 45.7. The van der Waals surface area contributed by atoms with Crippen molar-refractivity contribution in [3.05, 3.63) is 182 Å². The number of nitrogens with zero attached hydrogens (tertiary/aromatic N) is 1. The second-order valence-corrected chi connectivity index (χ2v) is 12.6. The van der Waals surface area contributed by atoms with Crippen molar-refractivity contribution in [3.8, 4) is 0 Å². The number of rotatable bonds is 7. The maximum absolute atomic E-state index is 15.4. The maximum atomic E-state index is 15.4. The summed E-state index contributed by atoms with van der Waals surface area (Å²) in [6, 6.07) is 13.5. The van der Waals surface area contributed by atoms with Gasteiger partial charge in [0.25, 0.3) is 0 Å². The van der Waals surface area contributed by atoms with E-state index in [0.717, 1.165) is 5.56 Å². The summed E-state index contributed by atoms with van der Waals surface area (Å²) in [7, 11) is 0. The molecule has 0 aliphatic carbocycles. The van der Waals surface area contributed by atoms with E-state index in [-0.39, 0.29) is 5.78 Å². The van der Waals surface area contributed by atoms with Gasteiger partial charge in [0.1, 0.15) is 52.7 Å². The molecule has 61 heavy (non-hydrogen) atoms. The van der Waals surface area contributed by atoms with E-state index in [1.54, 1.807) is 0 Å². The Morgan fingerprint density at radius 2 is 0.607 bits per heavy atom. The van der Waals surface area contributed by atoms with Gasteiger partial charge in [-0.3, -0.25) is 4.79 Å². The number of hydrogen-bond acceptors (Lipinski definition) is 1. The van der Waals surface area contributed by atoms with Crippen LogP contribution in [0.15, 0.2) is 54.9 Å². The molecule has 0 amide bonds. The van der Waals surface area contributed by atoms with E-state index in [2.05, 4.69) is 0 Å². The summed E-state index contributed by atoms with van der Waals surface area (Å²) in [5.74, 6) is -71.3. The van der Waals surface area contributed by atoms with Crippen molar-refractivity contribution in [2.75, 3.05) is 0 Å². The van der Waals surface area contributed by atoms with Crippen LogP contribution < -0.4 is 26.4 Å². The highest BCUT2D eigenvalue weighted by Gasteiger charge is 2.52. The average molecular weight is 891 g/mol. The molecule has 1 aromatic heterocycles. The molecule has 0 saturated carbocycles. The van der Waals surface area contributed by atoms with Gasteiger partial charge in [0.05, 0.1) is 0 Å². The van der Waals surface area contributed by atoms with Gasteiger partial charge < -0.3 is 0 Å². The van der Waals surface area contributed by atoms with Crippen molar-refractivity contribution in [1.82, 2.24) is 0 Å². The predicted molar refractivity (Wildman–Crippen MR) is 171 cm³/mol. The van der Waals surface area contributed by atoms with Gasteiger partial charge in [-0.2, -0.15) is 4.57 Å². The molecule has 320 valence electrons. The second-order valence-electron chi connectivity index (χ2n) is 12.6. The topological polar surface area (TPSA) is 20.9 Å². The molecule has 0 aliphatic heterocycles. The lowest BCUT2D eigenvalue weighted by Crippen LogP contribution is -2.81. The SMILES string of the molecule is Cc1ccc(C(=O)C[n+]2ccccc2)cc1.Fc1c(F)c(F)c([B-](c2c(F)c(F)c(F)c(F)c2F)(c2c(F)c(F)c(F)c(F)c2F)c2c(F)c(F)c(F)c(F)c2F)c(F)c1F. The first-order valence-electron chi connectivity index (χ1n) is 16.2. The zero-order chi connectivity index (χ0) is 45.7. The number of ketones is 1. The third-order valence-corrected chi connectivity index (χ3v) is 9.18. The van der Waals surface area contributed by atoms with E-state index in [9.17, 15) is 57.5 Å². The van der Waals surface area contributed by atoms with Gasteiger partial charge in [-0.05, 0) is 6.92 Å². The monoisotopic (exact) mass is 891 g/mol. The summed E-state index contributed by atoms with van der Waals surface area (Å²) < 4.78 is 296. The standard InChI is InChI=1S/C24BF20.C14H14NO/c26-5-1(6(27)14(35)21(42)13(5)34)25(2-7(28)15(36)22(43)16(37)8(2)29,3-9(30)17(38)23(44)18(39)10(3)31)4-11(32)19(40)24(45)20(41)12(4)33;1-12-5-7-13(8-6-12)14(16)11-15-9-3-2-4-10-15/h;2-10H,11H2,1H3/q-1;+1. The molecule has 23 heteroatoms. The molecular formula is C38H14BF20NO. The van der Waals surface area contributed by atoms with Gasteiger partial charge in [0, 0.05) is 17.7 Å². The maximum Gasteiger partial charge on any atom is 0.227 e. The van der Waals surface area contributed by atoms with E-state index in [4.69, 9.17) is 0 Å². The number of aryl methyl sites for hydroxylation is 1. The minimum atomic E-state index is -7.22. The fourth-order valence-electron chi connectivity index (χ4n) is 6.41. The van der Waals surface area contributed by atoms with Gasteiger partial charge in [0.2, 0.25) is 12.3 Å². The van der Waals surface area contributed by atoms with Crippen LogP contribution in [-0.4, -0.2) is 11.9 Å². The van der Waals surface area contributed by atoms with Crippen LogP contribution in [0.25, 0.3) is 0 Å². The van der Waals surface area contributed by atoms with Crippen molar-refractivity contribution in [3.63, 3.8) is 0 Å². The molecule has 0 N–H and O–H groups in total. The fraction of sp³-hybridized carbons (Fsp3) is 0.0526. The Morgan fingerprint density at radius 1 is 0.377 bits per heavy atom. The highest BCUT2D eigenvalue weighted by atomic mass is 19.2. The predicted octanol–water partition coefficient (Wildman–Crippen LogP) is 8.01. The van der Waals surface area contributed by atoms with Crippen LogP contribution in [-0.2, 0) is 6.54 Å². The normalized spacial score (nSPS) is 11.5. The molecule has 1 heterocycles. The Morgan fingerprint density at radius 3 is 0.852 bits per heavy atom. The highest BCUT2D eigenvalue weighted by molar-refractivity contribution is 7.20. The molecule has 0 radical (unpaired) electrons. The molecule has 6 aromatic rings. The number of carbonyl (C=O) groups excluding carboxylic acids is 1. The summed E-state index contributed by atoms with van der Waals surface area (Å²) in [4.78, 5) is 11.9. The molecule has 0 bridgehead atoms. The number of carbonyl (C=O) groups is 1. The Balaban J connectivity index is 0.000000366. The lowest BCUT2D eigenvalue weighted by molar-refractivity contribution is -0.683. The Labute approximate surface area is 326 Å². The molecule has 0 fully saturated rings. The summed E-state index contributed by atoms with van der Waals surface area (Å²) in [6.07, 6.45) is -3.43. The molecule has 0 saturated heterocycles. The van der Waals surface area contributed by atoms with E-state index < -0.39 is 144 Å². The molecule has 0 unspecified atom stereocenters. The van der Waals surface area contributed by atoms with Crippen molar-refractivity contribution in [1.29, 1.82) is 0 Å². The largest absolute Gasteiger partial charge is 0.287 e. The third kappa shape index (κ3) is 7.32. The van der Waals surface area contributed by atoms with Gasteiger partial charge in [-0.1, -0.05) is 35.9 Å². The first-order valence-corrected chi connectivity index (χ1v) is 16.2. The summed E-state index contributed by atoms with van der Waals surface area (Å²) in [6.45, 7) is 2.41. The van der Waals surface area contributed by atoms with E-state index in [1.165, 1.54) is 5.56 Å². The van der Waals surface area contributed by atoms with E-state index >= 15 is 35.1 Å². The van der Waals surface area contributed by atoms with Crippen LogP contribution in [0.3, 0.4) is 0 Å². The number of halogens is 20. The van der Waals surface area contributed by atoms with Crippen molar-refractivity contribution < 1.29 is 97.2 Å². The Hall–Kier alpha value is -6.42. The summed E-state index contributed by atoms with van der Waals surface area (Å²) >= 11 is 0. The lowest BCUT2D eigenvalue weighted by atomic mass is 9.12. The van der Waals surface area contributed by atoms with Crippen molar-refractivity contribution >= 4 is 33.8 Å². The van der Waals surface area contributed by atoms with Crippen LogP contribution in [0, 0.1) is 123 Å². The third-order valence-electron chi connectivity index (χ3n) is 9.18. The Bertz CT molecular complexity index is 2360. The fourth-order valence-corrected chi connectivity index (χ4v) is 6.41. The second kappa shape index (κ2) is 16.9. The zero-order valence-corrected chi connectivity index (χ0v) is 29.4. The molecule has 0 atom stereocenters. The number of benzene rings is 5. The van der Waals surface area contributed by atoms with Gasteiger partial charge >= 0.3 is 0 Å². The quantitative estimate of drug-likeness (QED) is 0.0398. The Kier molecular flexibility index (Phi) is 12.7. The van der Waals surface area contributed by atoms with Gasteiger partial charge in [0.15, 0.2) is 82.2 Å². The molecule has 0 aliphatic rings. The van der Waals surface area contributed by atoms with E-state index in [0.29, 0.717) is 6.54 Å². The molecule has 5 aromatic carbocycles. The number of Topliss-reactive ketones (excluding diaryl/α,β-unsaturated/α-hetero) is 1. The molecule has 0 spiro atoms. The summed E-state index contributed by atoms with van der Waals surface area (Å²) in [5, 5.41) is 0. The van der Waals surface area contributed by atoms with Gasteiger partial charge in [-0.25, -0.2) is 87.8 Å². The van der Waals surface area contributed by atoms with Crippen LogP contribution in [0.4, 0.5) is 87.8 Å². The minimum Gasteiger partial charge on any atom is -0.287 e. The average Bonchev–Trinajstić information content (AvgIpc) is 3.24. The highest BCUT2D eigenvalue weighted by Crippen LogP contribution is 2.30. The number of hydrogen-bond donors (Lipinski definition) is 0. The van der Waals surface area contributed by atoms with Crippen molar-refractivity contribution in [2.24, 2.45) is 0 Å². The van der Waals surface area contributed by atoms with Gasteiger partial charge in [-0.15, -0.1) is 21.9 Å². The lowest BCUT2D eigenvalue weighted by Gasteiger charge is -2.44. The summed E-state index contributed by atoms with van der Waals surface area (Å²) in [5.41, 5.74) is -12.4. The first-order chi connectivity index (χ1) is 28.5. The van der Waals surface area contributed by atoms with Crippen LogP contribution in [0.5, 0.6) is 0 Å². The van der Waals surface area contributed by atoms with Crippen LogP contribution >= 0.6 is 0 Å². The molecule has 2 nitrogen and oxygen atoms in total. The van der Waals surface area contributed by atoms with Crippen LogP contribution in [0.1, 0.15) is 15.9 Å². The number of pyridine rings is 1. The molecule has 6 rings (SSSR count). The number of aromatic nitrogens is 1. The van der Waals surface area contributed by atoms with Crippen LogP contribution in [0.2, 0.25) is 0 Å². The van der Waals surface area contributed by atoms with E-state index in [1.807, 2.05) is 66.3 Å². The molecular weight excluding hydrogens is 877 g/mol. The van der Waals surface area contributed by atoms with Crippen molar-refractivity contribution in [2.45, 2.75) is 13.5 Å². The zero-order valence-electron chi connectivity index (χ0n) is 29.4.